The fourth-order valence-electron chi connectivity index (χ4n) is 2.60. The number of fused-ring (bicyclic) bond motifs is 1. The van der Waals surface area contributed by atoms with Crippen LogP contribution in [-0.2, 0) is 0 Å². The first kappa shape index (κ1) is 16.2. The van der Waals surface area contributed by atoms with Gasteiger partial charge >= 0.3 is 0 Å². The normalized spacial score (nSPS) is 11.1. The van der Waals surface area contributed by atoms with E-state index in [1.165, 1.54) is 0 Å². The lowest BCUT2D eigenvalue weighted by atomic mass is 10.1. The minimum absolute atomic E-state index is 0.111. The van der Waals surface area contributed by atoms with Crippen LogP contribution >= 0.6 is 23.1 Å². The zero-order valence-electron chi connectivity index (χ0n) is 13.3. The van der Waals surface area contributed by atoms with Gasteiger partial charge < -0.3 is 5.11 Å². The van der Waals surface area contributed by atoms with Crippen molar-refractivity contribution in [1.82, 2.24) is 15.0 Å². The minimum Gasteiger partial charge on any atom is -0.396 e. The van der Waals surface area contributed by atoms with Gasteiger partial charge in [0.15, 0.2) is 5.82 Å². The summed E-state index contributed by atoms with van der Waals surface area (Å²) in [5, 5.41) is 13.3. The van der Waals surface area contributed by atoms with Crippen LogP contribution in [0.4, 0.5) is 0 Å². The molecule has 0 amide bonds. The van der Waals surface area contributed by atoms with E-state index in [4.69, 9.17) is 9.97 Å². The molecule has 4 nitrogen and oxygen atoms in total. The van der Waals surface area contributed by atoms with Gasteiger partial charge in [-0.3, -0.25) is 4.98 Å². The van der Waals surface area contributed by atoms with Gasteiger partial charge in [0.25, 0.3) is 0 Å². The summed E-state index contributed by atoms with van der Waals surface area (Å²) in [6, 6.07) is 16.0. The third-order valence-corrected chi connectivity index (χ3v) is 5.54. The number of pyridine rings is 1. The van der Waals surface area contributed by atoms with Crippen LogP contribution in [0.1, 0.15) is 0 Å². The lowest BCUT2D eigenvalue weighted by molar-refractivity contribution is 0.322. The van der Waals surface area contributed by atoms with Gasteiger partial charge in [-0.1, -0.05) is 36.4 Å². The number of nitrogens with zero attached hydrogens (tertiary/aromatic N) is 3. The minimum atomic E-state index is 0.111. The number of hydrogen-bond donors (Lipinski definition) is 1. The Bertz CT molecular complexity index is 988. The number of benzene rings is 1. The second-order valence-electron chi connectivity index (χ2n) is 5.33. The third-order valence-electron chi connectivity index (χ3n) is 3.71. The van der Waals surface area contributed by atoms with Crippen molar-refractivity contribution >= 4 is 33.3 Å². The van der Waals surface area contributed by atoms with Crippen molar-refractivity contribution in [2.45, 2.75) is 5.03 Å². The van der Waals surface area contributed by atoms with E-state index >= 15 is 0 Å². The monoisotopic (exact) mass is 365 g/mol. The number of hydrogen-bond acceptors (Lipinski definition) is 6. The van der Waals surface area contributed by atoms with Crippen LogP contribution in [0.5, 0.6) is 0 Å². The fraction of sp³-hybridized carbons (Fsp3) is 0.105. The molecule has 0 fully saturated rings. The molecule has 6 heteroatoms. The van der Waals surface area contributed by atoms with Crippen molar-refractivity contribution in [3.63, 3.8) is 0 Å². The zero-order valence-corrected chi connectivity index (χ0v) is 14.9. The second kappa shape index (κ2) is 7.31. The van der Waals surface area contributed by atoms with Crippen molar-refractivity contribution in [3.05, 3.63) is 60.1 Å². The highest BCUT2D eigenvalue weighted by molar-refractivity contribution is 7.99. The van der Waals surface area contributed by atoms with Gasteiger partial charge in [-0.2, -0.15) is 0 Å². The van der Waals surface area contributed by atoms with Crippen molar-refractivity contribution < 1.29 is 5.11 Å². The molecule has 0 radical (unpaired) electrons. The van der Waals surface area contributed by atoms with Gasteiger partial charge in [0.05, 0.1) is 12.0 Å². The Morgan fingerprint density at radius 2 is 1.84 bits per heavy atom. The SMILES string of the molecule is OCCSc1nc(-c2ccccn2)nc2scc(-c3ccccc3)c12. The molecule has 0 aliphatic rings. The average molecular weight is 365 g/mol. The Morgan fingerprint density at radius 3 is 2.60 bits per heavy atom. The summed E-state index contributed by atoms with van der Waals surface area (Å²) >= 11 is 3.16. The third kappa shape index (κ3) is 3.28. The Labute approximate surface area is 153 Å². The van der Waals surface area contributed by atoms with Crippen molar-refractivity contribution in [2.24, 2.45) is 0 Å². The molecule has 1 aromatic carbocycles. The standard InChI is InChI=1S/C19H15N3OS2/c23-10-11-24-18-16-14(13-6-2-1-3-7-13)12-25-19(16)22-17(21-18)15-8-4-5-9-20-15/h1-9,12,23H,10-11H2. The summed E-state index contributed by atoms with van der Waals surface area (Å²) < 4.78 is 0. The average Bonchev–Trinajstić information content (AvgIpc) is 3.11. The van der Waals surface area contributed by atoms with Crippen LogP contribution < -0.4 is 0 Å². The van der Waals surface area contributed by atoms with Gasteiger partial charge in [0.2, 0.25) is 0 Å². The number of thioether (sulfide) groups is 1. The highest BCUT2D eigenvalue weighted by atomic mass is 32.2. The Morgan fingerprint density at radius 1 is 1.00 bits per heavy atom. The van der Waals surface area contributed by atoms with E-state index in [9.17, 15) is 5.11 Å². The maximum Gasteiger partial charge on any atom is 0.180 e. The lowest BCUT2D eigenvalue weighted by Gasteiger charge is -2.07. The molecule has 1 N–H and O–H groups in total. The molecule has 0 aliphatic heterocycles. The van der Waals surface area contributed by atoms with E-state index in [-0.39, 0.29) is 6.61 Å². The highest BCUT2D eigenvalue weighted by Gasteiger charge is 2.16. The van der Waals surface area contributed by atoms with Crippen molar-refractivity contribution in [1.29, 1.82) is 0 Å². The van der Waals surface area contributed by atoms with Gasteiger partial charge in [-0.15, -0.1) is 23.1 Å². The molecule has 4 aromatic rings. The predicted molar refractivity (Wildman–Crippen MR) is 104 cm³/mol. The maximum absolute atomic E-state index is 9.25. The summed E-state index contributed by atoms with van der Waals surface area (Å²) in [6.07, 6.45) is 1.74. The molecule has 0 saturated heterocycles. The molecule has 0 bridgehead atoms. The van der Waals surface area contributed by atoms with Crippen LogP contribution in [0.2, 0.25) is 0 Å². The van der Waals surface area contributed by atoms with Gasteiger partial charge in [-0.05, 0) is 17.7 Å². The molecule has 0 spiro atoms. The number of thiophene rings is 1. The summed E-state index contributed by atoms with van der Waals surface area (Å²) in [5.74, 6) is 1.22. The van der Waals surface area contributed by atoms with Crippen LogP contribution in [-0.4, -0.2) is 32.4 Å². The first-order valence-electron chi connectivity index (χ1n) is 7.86. The van der Waals surface area contributed by atoms with Crippen molar-refractivity contribution in [3.8, 4) is 22.6 Å². The van der Waals surface area contributed by atoms with Crippen LogP contribution in [0, 0.1) is 0 Å². The zero-order chi connectivity index (χ0) is 17.1. The molecule has 0 aliphatic carbocycles. The lowest BCUT2D eigenvalue weighted by Crippen LogP contribution is -1.96. The first-order valence-corrected chi connectivity index (χ1v) is 9.73. The molecule has 4 rings (SSSR count). The Kier molecular flexibility index (Phi) is 4.74. The van der Waals surface area contributed by atoms with E-state index in [0.717, 1.165) is 32.1 Å². The topological polar surface area (TPSA) is 58.9 Å². The molecule has 124 valence electrons. The molecule has 0 atom stereocenters. The summed E-state index contributed by atoms with van der Waals surface area (Å²) in [6.45, 7) is 0.111. The maximum atomic E-state index is 9.25. The number of rotatable bonds is 5. The largest absolute Gasteiger partial charge is 0.396 e. The van der Waals surface area contributed by atoms with E-state index in [2.05, 4.69) is 22.5 Å². The van der Waals surface area contributed by atoms with E-state index in [1.54, 1.807) is 29.3 Å². The van der Waals surface area contributed by atoms with E-state index in [1.807, 2.05) is 36.4 Å². The summed E-state index contributed by atoms with van der Waals surface area (Å²) in [5.41, 5.74) is 3.03. The van der Waals surface area contributed by atoms with Gasteiger partial charge in [0, 0.05) is 22.9 Å². The number of aliphatic hydroxyl groups excluding tert-OH is 1. The van der Waals surface area contributed by atoms with E-state index < -0.39 is 0 Å². The first-order chi connectivity index (χ1) is 12.4. The van der Waals surface area contributed by atoms with Crippen LogP contribution in [0.25, 0.3) is 32.9 Å². The summed E-state index contributed by atoms with van der Waals surface area (Å²) in [4.78, 5) is 14.8. The number of aliphatic hydroxyl groups is 1. The van der Waals surface area contributed by atoms with Crippen molar-refractivity contribution in [2.75, 3.05) is 12.4 Å². The molecule has 0 unspecified atom stereocenters. The smallest absolute Gasteiger partial charge is 0.180 e. The molecule has 25 heavy (non-hydrogen) atoms. The van der Waals surface area contributed by atoms with Gasteiger partial charge in [-0.25, -0.2) is 9.97 Å². The Hall–Kier alpha value is -2.28. The van der Waals surface area contributed by atoms with Crippen LogP contribution in [0.15, 0.2) is 65.1 Å². The predicted octanol–water partition coefficient (Wildman–Crippen LogP) is 4.50. The highest BCUT2D eigenvalue weighted by Crippen LogP contribution is 2.39. The Balaban J connectivity index is 1.91. The summed E-state index contributed by atoms with van der Waals surface area (Å²) in [7, 11) is 0. The molecular weight excluding hydrogens is 350 g/mol. The number of aromatic nitrogens is 3. The van der Waals surface area contributed by atoms with Gasteiger partial charge in [0.1, 0.15) is 15.6 Å². The fourth-order valence-corrected chi connectivity index (χ4v) is 4.39. The molecule has 0 saturated carbocycles. The molecular formula is C19H15N3OS2. The second-order valence-corrected chi connectivity index (χ2v) is 7.28. The quantitative estimate of drug-likeness (QED) is 0.417. The molecule has 3 aromatic heterocycles. The van der Waals surface area contributed by atoms with Crippen LogP contribution in [0.3, 0.4) is 0 Å². The van der Waals surface area contributed by atoms with E-state index in [0.29, 0.717) is 11.6 Å². The molecule has 3 heterocycles.